The molecule has 0 aliphatic carbocycles. The van der Waals surface area contributed by atoms with Crippen LogP contribution in [0.2, 0.25) is 0 Å². The van der Waals surface area contributed by atoms with Crippen LogP contribution < -0.4 is 10.9 Å². The van der Waals surface area contributed by atoms with Gasteiger partial charge in [0.1, 0.15) is 5.82 Å². The zero-order valence-electron chi connectivity index (χ0n) is 10.7. The van der Waals surface area contributed by atoms with Gasteiger partial charge in [-0.3, -0.25) is 4.79 Å². The van der Waals surface area contributed by atoms with Crippen molar-refractivity contribution >= 4 is 32.5 Å². The van der Waals surface area contributed by atoms with Crippen LogP contribution in [0.5, 0.6) is 0 Å². The van der Waals surface area contributed by atoms with Crippen LogP contribution in [0.4, 0.5) is 5.82 Å². The Morgan fingerprint density at radius 1 is 1.05 bits per heavy atom. The fourth-order valence-corrected chi connectivity index (χ4v) is 2.37. The second-order valence-corrected chi connectivity index (χ2v) is 5.50. The average molecular weight is 329 g/mol. The van der Waals surface area contributed by atoms with Crippen molar-refractivity contribution in [2.75, 3.05) is 5.32 Å². The van der Waals surface area contributed by atoms with Crippen molar-refractivity contribution in [1.82, 2.24) is 4.98 Å². The molecule has 2 aromatic carbocycles. The van der Waals surface area contributed by atoms with Gasteiger partial charge in [0.15, 0.2) is 0 Å². The van der Waals surface area contributed by atoms with Gasteiger partial charge in [0, 0.05) is 16.4 Å². The minimum Gasteiger partial charge on any atom is -0.367 e. The van der Waals surface area contributed by atoms with Crippen molar-refractivity contribution in [3.05, 3.63) is 75.0 Å². The highest BCUT2D eigenvalue weighted by molar-refractivity contribution is 9.10. The molecule has 3 rings (SSSR count). The van der Waals surface area contributed by atoms with E-state index in [0.717, 1.165) is 21.2 Å². The number of aromatic nitrogens is 1. The van der Waals surface area contributed by atoms with Crippen molar-refractivity contribution in [2.45, 2.75) is 6.54 Å². The lowest BCUT2D eigenvalue weighted by Crippen LogP contribution is -2.10. The molecule has 0 amide bonds. The Balaban J connectivity index is 1.84. The van der Waals surface area contributed by atoms with E-state index in [9.17, 15) is 4.79 Å². The molecule has 0 atom stereocenters. The van der Waals surface area contributed by atoms with Crippen LogP contribution in [-0.4, -0.2) is 4.98 Å². The zero-order valence-corrected chi connectivity index (χ0v) is 12.3. The van der Waals surface area contributed by atoms with E-state index in [-0.39, 0.29) is 5.56 Å². The number of hydrogen-bond donors (Lipinski definition) is 2. The Morgan fingerprint density at radius 2 is 1.80 bits per heavy atom. The summed E-state index contributed by atoms with van der Waals surface area (Å²) in [5.41, 5.74) is 1.09. The molecular formula is C16H13BrN2O. The molecule has 0 radical (unpaired) electrons. The summed E-state index contributed by atoms with van der Waals surface area (Å²) in [6.45, 7) is 0.668. The number of fused-ring (bicyclic) bond motifs is 1. The van der Waals surface area contributed by atoms with Crippen LogP contribution in [0.15, 0.2) is 63.9 Å². The first kappa shape index (κ1) is 12.9. The van der Waals surface area contributed by atoms with E-state index in [1.165, 1.54) is 0 Å². The SMILES string of the molecule is O=c1[nH]c(NCc2ccc(Br)cc2)cc2ccccc12. The third kappa shape index (κ3) is 2.75. The van der Waals surface area contributed by atoms with Crippen LogP contribution >= 0.6 is 15.9 Å². The predicted octanol–water partition coefficient (Wildman–Crippen LogP) is 3.90. The lowest BCUT2D eigenvalue weighted by atomic mass is 10.2. The lowest BCUT2D eigenvalue weighted by molar-refractivity contribution is 1.10. The summed E-state index contributed by atoms with van der Waals surface area (Å²) in [7, 11) is 0. The number of halogens is 1. The third-order valence-corrected chi connectivity index (χ3v) is 3.68. The molecule has 3 nitrogen and oxygen atoms in total. The van der Waals surface area contributed by atoms with Crippen molar-refractivity contribution < 1.29 is 0 Å². The maximum Gasteiger partial charge on any atom is 0.257 e. The number of aromatic amines is 1. The van der Waals surface area contributed by atoms with Crippen molar-refractivity contribution in [1.29, 1.82) is 0 Å². The monoisotopic (exact) mass is 328 g/mol. The molecule has 1 aromatic heterocycles. The normalized spacial score (nSPS) is 10.7. The number of hydrogen-bond acceptors (Lipinski definition) is 2. The zero-order chi connectivity index (χ0) is 13.9. The van der Waals surface area contributed by atoms with Crippen LogP contribution in [-0.2, 0) is 6.54 Å². The average Bonchev–Trinajstić information content (AvgIpc) is 2.47. The van der Waals surface area contributed by atoms with Gasteiger partial charge in [-0.1, -0.05) is 46.3 Å². The summed E-state index contributed by atoms with van der Waals surface area (Å²) in [5.74, 6) is 0.733. The van der Waals surface area contributed by atoms with E-state index < -0.39 is 0 Å². The van der Waals surface area contributed by atoms with Crippen LogP contribution in [0.3, 0.4) is 0 Å². The maximum absolute atomic E-state index is 12.0. The second-order valence-electron chi connectivity index (χ2n) is 4.58. The molecule has 0 spiro atoms. The van der Waals surface area contributed by atoms with Gasteiger partial charge in [-0.15, -0.1) is 0 Å². The molecule has 0 bridgehead atoms. The number of H-pyrrole nitrogens is 1. The number of benzene rings is 2. The highest BCUT2D eigenvalue weighted by Gasteiger charge is 2.01. The van der Waals surface area contributed by atoms with E-state index in [1.807, 2.05) is 54.6 Å². The lowest BCUT2D eigenvalue weighted by Gasteiger charge is -2.07. The molecule has 0 fully saturated rings. The standard InChI is InChI=1S/C16H13BrN2O/c17-13-7-5-11(6-8-13)10-18-15-9-12-3-1-2-4-14(12)16(20)19-15/h1-9H,10H2,(H2,18,19,20). The molecular weight excluding hydrogens is 316 g/mol. The van der Waals surface area contributed by atoms with Gasteiger partial charge >= 0.3 is 0 Å². The maximum atomic E-state index is 12.0. The summed E-state index contributed by atoms with van der Waals surface area (Å²) >= 11 is 3.41. The second kappa shape index (κ2) is 5.51. The molecule has 2 N–H and O–H groups in total. The predicted molar refractivity (Wildman–Crippen MR) is 86.0 cm³/mol. The Kier molecular flexibility index (Phi) is 3.56. The number of anilines is 1. The van der Waals surface area contributed by atoms with Crippen molar-refractivity contribution in [3.8, 4) is 0 Å². The smallest absolute Gasteiger partial charge is 0.257 e. The largest absolute Gasteiger partial charge is 0.367 e. The molecule has 0 aliphatic heterocycles. The van der Waals surface area contributed by atoms with Crippen LogP contribution in [0.1, 0.15) is 5.56 Å². The van der Waals surface area contributed by atoms with Gasteiger partial charge in [0.25, 0.3) is 5.56 Å². The summed E-state index contributed by atoms with van der Waals surface area (Å²) in [6, 6.07) is 17.6. The topological polar surface area (TPSA) is 44.9 Å². The minimum absolute atomic E-state index is 0.0681. The molecule has 20 heavy (non-hydrogen) atoms. The fourth-order valence-electron chi connectivity index (χ4n) is 2.11. The summed E-state index contributed by atoms with van der Waals surface area (Å²) < 4.78 is 1.06. The van der Waals surface area contributed by atoms with E-state index in [2.05, 4.69) is 26.2 Å². The highest BCUT2D eigenvalue weighted by atomic mass is 79.9. The van der Waals surface area contributed by atoms with Gasteiger partial charge in [0.05, 0.1) is 0 Å². The highest BCUT2D eigenvalue weighted by Crippen LogP contribution is 2.14. The minimum atomic E-state index is -0.0681. The molecule has 100 valence electrons. The Bertz CT molecular complexity index is 793. The third-order valence-electron chi connectivity index (χ3n) is 3.15. The Labute approximate surface area is 124 Å². The Morgan fingerprint density at radius 3 is 2.60 bits per heavy atom. The molecule has 3 aromatic rings. The quantitative estimate of drug-likeness (QED) is 0.765. The summed E-state index contributed by atoms with van der Waals surface area (Å²) in [6.07, 6.45) is 0. The van der Waals surface area contributed by atoms with E-state index >= 15 is 0 Å². The number of rotatable bonds is 3. The van der Waals surface area contributed by atoms with E-state index in [0.29, 0.717) is 11.9 Å². The van der Waals surface area contributed by atoms with Crippen LogP contribution in [0.25, 0.3) is 10.8 Å². The molecule has 0 saturated carbocycles. The summed E-state index contributed by atoms with van der Waals surface area (Å²) in [5, 5.41) is 4.89. The summed E-state index contributed by atoms with van der Waals surface area (Å²) in [4.78, 5) is 14.8. The van der Waals surface area contributed by atoms with Gasteiger partial charge < -0.3 is 10.3 Å². The van der Waals surface area contributed by atoms with Crippen LogP contribution in [0, 0.1) is 0 Å². The molecule has 1 heterocycles. The number of pyridine rings is 1. The van der Waals surface area contributed by atoms with Gasteiger partial charge in [-0.05, 0) is 35.2 Å². The fraction of sp³-hybridized carbons (Fsp3) is 0.0625. The first-order valence-corrected chi connectivity index (χ1v) is 7.12. The Hall–Kier alpha value is -2.07. The molecule has 0 saturated heterocycles. The van der Waals surface area contributed by atoms with E-state index in [4.69, 9.17) is 0 Å². The molecule has 4 heteroatoms. The van der Waals surface area contributed by atoms with E-state index in [1.54, 1.807) is 0 Å². The van der Waals surface area contributed by atoms with Gasteiger partial charge in [-0.2, -0.15) is 0 Å². The first-order valence-electron chi connectivity index (χ1n) is 6.33. The first-order chi connectivity index (χ1) is 9.72. The molecule has 0 unspecified atom stereocenters. The number of nitrogens with one attached hydrogen (secondary N) is 2. The van der Waals surface area contributed by atoms with Crippen molar-refractivity contribution in [2.24, 2.45) is 0 Å². The van der Waals surface area contributed by atoms with Gasteiger partial charge in [-0.25, -0.2) is 0 Å². The van der Waals surface area contributed by atoms with Crippen molar-refractivity contribution in [3.63, 3.8) is 0 Å². The van der Waals surface area contributed by atoms with Gasteiger partial charge in [0.2, 0.25) is 0 Å². The molecule has 0 aliphatic rings.